The first-order valence-electron chi connectivity index (χ1n) is 7.08. The first-order valence-corrected chi connectivity index (χ1v) is 7.08. The molecule has 1 aliphatic rings. The zero-order valence-electron chi connectivity index (χ0n) is 12.4. The van der Waals surface area contributed by atoms with Crippen LogP contribution in [0.5, 0.6) is 0 Å². The van der Waals surface area contributed by atoms with Crippen molar-refractivity contribution >= 4 is 23.1 Å². The lowest BCUT2D eigenvalue weighted by Gasteiger charge is -2.28. The summed E-state index contributed by atoms with van der Waals surface area (Å²) in [6, 6.07) is 12.9. The van der Waals surface area contributed by atoms with E-state index in [1.54, 1.807) is 12.1 Å². The molecule has 0 radical (unpaired) electrons. The van der Waals surface area contributed by atoms with Gasteiger partial charge >= 0.3 is 0 Å². The predicted octanol–water partition coefficient (Wildman–Crippen LogP) is 2.79. The number of fused-ring (bicyclic) bond motifs is 1. The fourth-order valence-corrected chi connectivity index (χ4v) is 2.49. The minimum Gasteiger partial charge on any atom is -0.388 e. The molecule has 3 N–H and O–H groups in total. The average molecular weight is 295 g/mol. The Bertz CT molecular complexity index is 738. The van der Waals surface area contributed by atoms with Crippen LogP contribution in [0.3, 0.4) is 0 Å². The van der Waals surface area contributed by atoms with Gasteiger partial charge in [-0.1, -0.05) is 24.3 Å². The number of benzene rings is 2. The van der Waals surface area contributed by atoms with E-state index in [0.29, 0.717) is 11.1 Å². The summed E-state index contributed by atoms with van der Waals surface area (Å²) in [7, 11) is 1.81. The standard InChI is InChI=1S/C17H17N3O2/c1-10(21)11-3-5-12(6-4-11)16-19-15-8-7-13(18-2)9-14(15)17(22)20-16/h3-9,16,18-19H,1-2H3,(H,20,22). The summed E-state index contributed by atoms with van der Waals surface area (Å²) in [6.45, 7) is 1.53. The van der Waals surface area contributed by atoms with E-state index in [1.165, 1.54) is 6.92 Å². The molecular weight excluding hydrogens is 278 g/mol. The molecule has 1 heterocycles. The number of carbonyl (C=O) groups excluding carboxylic acids is 2. The number of Topliss-reactive ketones (excluding diaryl/α,β-unsaturated/α-hetero) is 1. The Labute approximate surface area is 128 Å². The molecule has 0 aromatic heterocycles. The van der Waals surface area contributed by atoms with Crippen LogP contribution in [0, 0.1) is 0 Å². The van der Waals surface area contributed by atoms with Gasteiger partial charge in [-0.2, -0.15) is 0 Å². The quantitative estimate of drug-likeness (QED) is 0.762. The maximum Gasteiger partial charge on any atom is 0.255 e. The van der Waals surface area contributed by atoms with Crippen LogP contribution in [-0.4, -0.2) is 18.7 Å². The van der Waals surface area contributed by atoms with E-state index in [2.05, 4.69) is 16.0 Å². The van der Waals surface area contributed by atoms with Gasteiger partial charge in [-0.15, -0.1) is 0 Å². The summed E-state index contributed by atoms with van der Waals surface area (Å²) >= 11 is 0. The van der Waals surface area contributed by atoms with Gasteiger partial charge in [0.2, 0.25) is 0 Å². The largest absolute Gasteiger partial charge is 0.388 e. The third-order valence-electron chi connectivity index (χ3n) is 3.78. The normalized spacial score (nSPS) is 16.3. The first-order chi connectivity index (χ1) is 10.6. The predicted molar refractivity (Wildman–Crippen MR) is 86.3 cm³/mol. The molecule has 0 saturated heterocycles. The Morgan fingerprint density at radius 3 is 2.45 bits per heavy atom. The van der Waals surface area contributed by atoms with Crippen molar-refractivity contribution in [1.29, 1.82) is 0 Å². The number of anilines is 2. The monoisotopic (exact) mass is 295 g/mol. The van der Waals surface area contributed by atoms with Gasteiger partial charge in [0.1, 0.15) is 6.17 Å². The highest BCUT2D eigenvalue weighted by Crippen LogP contribution is 2.28. The summed E-state index contributed by atoms with van der Waals surface area (Å²) in [5, 5.41) is 9.24. The summed E-state index contributed by atoms with van der Waals surface area (Å²) < 4.78 is 0. The highest BCUT2D eigenvalue weighted by Gasteiger charge is 2.24. The minimum atomic E-state index is -0.304. The molecule has 0 bridgehead atoms. The van der Waals surface area contributed by atoms with Gasteiger partial charge in [0.25, 0.3) is 5.91 Å². The Morgan fingerprint density at radius 2 is 1.82 bits per heavy atom. The van der Waals surface area contributed by atoms with Gasteiger partial charge in [-0.3, -0.25) is 9.59 Å². The molecule has 0 spiro atoms. The average Bonchev–Trinajstić information content (AvgIpc) is 2.54. The zero-order valence-corrected chi connectivity index (χ0v) is 12.4. The van der Waals surface area contributed by atoms with Crippen LogP contribution in [0.25, 0.3) is 0 Å². The third-order valence-corrected chi connectivity index (χ3v) is 3.78. The summed E-state index contributed by atoms with van der Waals surface area (Å²) in [6.07, 6.45) is -0.304. The van der Waals surface area contributed by atoms with E-state index in [0.717, 1.165) is 16.9 Å². The van der Waals surface area contributed by atoms with E-state index < -0.39 is 0 Å². The lowest BCUT2D eigenvalue weighted by Crippen LogP contribution is -2.38. The summed E-state index contributed by atoms with van der Waals surface area (Å²) in [5.74, 6) is -0.0939. The zero-order chi connectivity index (χ0) is 15.7. The molecule has 0 saturated carbocycles. The van der Waals surface area contributed by atoms with Gasteiger partial charge in [-0.05, 0) is 30.7 Å². The number of amides is 1. The van der Waals surface area contributed by atoms with Crippen molar-refractivity contribution in [2.75, 3.05) is 17.7 Å². The Morgan fingerprint density at radius 1 is 1.09 bits per heavy atom. The van der Waals surface area contributed by atoms with E-state index in [9.17, 15) is 9.59 Å². The number of carbonyl (C=O) groups is 2. The second-order valence-corrected chi connectivity index (χ2v) is 5.24. The van der Waals surface area contributed by atoms with Crippen molar-refractivity contribution in [1.82, 2.24) is 5.32 Å². The van der Waals surface area contributed by atoms with Crippen LogP contribution in [0.15, 0.2) is 42.5 Å². The van der Waals surface area contributed by atoms with Gasteiger partial charge < -0.3 is 16.0 Å². The summed E-state index contributed by atoms with van der Waals surface area (Å²) in [4.78, 5) is 23.6. The molecule has 1 amide bonds. The second kappa shape index (κ2) is 5.52. The van der Waals surface area contributed by atoms with E-state index in [-0.39, 0.29) is 17.9 Å². The van der Waals surface area contributed by atoms with Crippen LogP contribution in [0.2, 0.25) is 0 Å². The molecule has 3 rings (SSSR count). The van der Waals surface area contributed by atoms with Crippen molar-refractivity contribution in [2.24, 2.45) is 0 Å². The smallest absolute Gasteiger partial charge is 0.255 e. The molecule has 0 aliphatic carbocycles. The summed E-state index contributed by atoms with van der Waals surface area (Å²) in [5.41, 5.74) is 3.86. The minimum absolute atomic E-state index is 0.0251. The van der Waals surface area contributed by atoms with Crippen LogP contribution in [-0.2, 0) is 0 Å². The highest BCUT2D eigenvalue weighted by atomic mass is 16.2. The van der Waals surface area contributed by atoms with Crippen LogP contribution >= 0.6 is 0 Å². The Kier molecular flexibility index (Phi) is 3.55. The van der Waals surface area contributed by atoms with Gasteiger partial charge in [0.05, 0.1) is 5.56 Å². The lowest BCUT2D eigenvalue weighted by atomic mass is 10.0. The molecule has 5 heteroatoms. The topological polar surface area (TPSA) is 70.2 Å². The van der Waals surface area contributed by atoms with Gasteiger partial charge in [0, 0.05) is 24.0 Å². The fraction of sp³-hybridized carbons (Fsp3) is 0.176. The van der Waals surface area contributed by atoms with Crippen molar-refractivity contribution in [3.8, 4) is 0 Å². The number of rotatable bonds is 3. The van der Waals surface area contributed by atoms with E-state index >= 15 is 0 Å². The molecular formula is C17H17N3O2. The van der Waals surface area contributed by atoms with Crippen molar-refractivity contribution < 1.29 is 9.59 Å². The van der Waals surface area contributed by atoms with Crippen LogP contribution < -0.4 is 16.0 Å². The van der Waals surface area contributed by atoms with Crippen LogP contribution in [0.1, 0.15) is 39.4 Å². The van der Waals surface area contributed by atoms with Crippen LogP contribution in [0.4, 0.5) is 11.4 Å². The lowest BCUT2D eigenvalue weighted by molar-refractivity contribution is 0.0934. The molecule has 1 aliphatic heterocycles. The van der Waals surface area contributed by atoms with Crippen molar-refractivity contribution in [3.63, 3.8) is 0 Å². The second-order valence-electron chi connectivity index (χ2n) is 5.24. The highest BCUT2D eigenvalue weighted by molar-refractivity contribution is 6.02. The van der Waals surface area contributed by atoms with E-state index in [4.69, 9.17) is 0 Å². The molecule has 5 nitrogen and oxygen atoms in total. The third kappa shape index (κ3) is 2.53. The maximum absolute atomic E-state index is 12.3. The Balaban J connectivity index is 1.88. The van der Waals surface area contributed by atoms with Gasteiger partial charge in [-0.25, -0.2) is 0 Å². The molecule has 2 aromatic rings. The van der Waals surface area contributed by atoms with Crippen molar-refractivity contribution in [2.45, 2.75) is 13.1 Å². The first kappa shape index (κ1) is 14.1. The number of hydrogen-bond acceptors (Lipinski definition) is 4. The molecule has 1 atom stereocenters. The number of ketones is 1. The number of hydrogen-bond donors (Lipinski definition) is 3. The molecule has 1 unspecified atom stereocenters. The molecule has 0 fully saturated rings. The van der Waals surface area contributed by atoms with Crippen molar-refractivity contribution in [3.05, 3.63) is 59.2 Å². The molecule has 22 heavy (non-hydrogen) atoms. The van der Waals surface area contributed by atoms with Gasteiger partial charge in [0.15, 0.2) is 5.78 Å². The molecule has 112 valence electrons. The molecule has 2 aromatic carbocycles. The number of nitrogens with one attached hydrogen (secondary N) is 3. The Hall–Kier alpha value is -2.82. The fourth-order valence-electron chi connectivity index (χ4n) is 2.49. The SMILES string of the molecule is CNc1ccc2c(c1)C(=O)NC(c1ccc(C(C)=O)cc1)N2. The van der Waals surface area contributed by atoms with E-state index in [1.807, 2.05) is 37.4 Å². The maximum atomic E-state index is 12.3.